The van der Waals surface area contributed by atoms with Gasteiger partial charge in [-0.05, 0) is 19.3 Å². The summed E-state index contributed by atoms with van der Waals surface area (Å²) in [5.74, 6) is -0.841. The van der Waals surface area contributed by atoms with Gasteiger partial charge in [0, 0.05) is 35.9 Å². The van der Waals surface area contributed by atoms with Gasteiger partial charge in [0.25, 0.3) is 0 Å². The van der Waals surface area contributed by atoms with E-state index < -0.39 is 12.0 Å². The lowest BCUT2D eigenvalue weighted by Crippen LogP contribution is -2.80. The predicted molar refractivity (Wildman–Crippen MR) is 91.9 cm³/mol. The van der Waals surface area contributed by atoms with Gasteiger partial charge in [0.05, 0.1) is 12.0 Å². The second-order valence-electron chi connectivity index (χ2n) is 9.84. The van der Waals surface area contributed by atoms with Crippen LogP contribution in [0.4, 0.5) is 0 Å². The van der Waals surface area contributed by atoms with Gasteiger partial charge in [-0.25, -0.2) is 9.88 Å². The number of carbonyl (C=O) groups is 1. The van der Waals surface area contributed by atoms with Gasteiger partial charge in [0.15, 0.2) is 6.29 Å². The van der Waals surface area contributed by atoms with Crippen molar-refractivity contribution in [2.75, 3.05) is 0 Å². The zero-order valence-corrected chi connectivity index (χ0v) is 15.8. The standard InChI is InChI=1S/C19H27N3O4/c1-17-7-18(2)9-19(3,8-17)16-25-14(17)22(15(18)26-16)12(13(23)24)5-11-6-21(4)10-20-11/h6,10,12,14-16H,5,7-9H2,1-4H3,(H,23,24)/t12-,14?,15?,16?,17?,18?,19?/m0/s1. The lowest BCUT2D eigenvalue weighted by molar-refractivity contribution is -0.478. The van der Waals surface area contributed by atoms with Crippen molar-refractivity contribution < 1.29 is 19.4 Å². The minimum absolute atomic E-state index is 0.0283. The molecule has 0 amide bonds. The van der Waals surface area contributed by atoms with E-state index >= 15 is 0 Å². The summed E-state index contributed by atoms with van der Waals surface area (Å²) in [7, 11) is 1.89. The summed E-state index contributed by atoms with van der Waals surface area (Å²) >= 11 is 0. The van der Waals surface area contributed by atoms with E-state index in [1.807, 2.05) is 22.7 Å². The minimum atomic E-state index is -0.841. The largest absolute Gasteiger partial charge is 0.480 e. The third kappa shape index (κ3) is 2.05. The van der Waals surface area contributed by atoms with Gasteiger partial charge in [-0.15, -0.1) is 0 Å². The lowest BCUT2D eigenvalue weighted by Gasteiger charge is -2.74. The molecule has 4 saturated heterocycles. The molecule has 0 spiro atoms. The van der Waals surface area contributed by atoms with E-state index in [9.17, 15) is 9.90 Å². The number of hydrogen-bond acceptors (Lipinski definition) is 5. The molecule has 6 rings (SSSR count). The summed E-state index contributed by atoms with van der Waals surface area (Å²) in [4.78, 5) is 18.6. The molecule has 5 atom stereocenters. The topological polar surface area (TPSA) is 76.8 Å². The zero-order chi connectivity index (χ0) is 18.5. The summed E-state index contributed by atoms with van der Waals surface area (Å²) < 4.78 is 14.6. The van der Waals surface area contributed by atoms with Crippen LogP contribution in [0.3, 0.4) is 0 Å². The summed E-state index contributed by atoms with van der Waals surface area (Å²) in [6, 6.07) is -0.706. The Morgan fingerprint density at radius 3 is 2.31 bits per heavy atom. The molecule has 26 heavy (non-hydrogen) atoms. The number of ether oxygens (including phenoxy) is 2. The van der Waals surface area contributed by atoms with Crippen LogP contribution in [0.25, 0.3) is 0 Å². The Hall–Kier alpha value is -1.44. The molecule has 0 radical (unpaired) electrons. The summed E-state index contributed by atoms with van der Waals surface area (Å²) in [5, 5.41) is 10.0. The van der Waals surface area contributed by atoms with Crippen LogP contribution in [0.15, 0.2) is 12.5 Å². The highest BCUT2D eigenvalue weighted by Gasteiger charge is 2.73. The highest BCUT2D eigenvalue weighted by Crippen LogP contribution is 2.70. The van der Waals surface area contributed by atoms with Crippen LogP contribution in [0.5, 0.6) is 0 Å². The molecule has 4 unspecified atom stereocenters. The van der Waals surface area contributed by atoms with E-state index in [0.717, 1.165) is 25.0 Å². The molecule has 1 aliphatic carbocycles. The average molecular weight is 361 g/mol. The molecule has 7 heteroatoms. The number of piperidine rings is 1. The normalized spacial score (nSPS) is 47.5. The smallest absolute Gasteiger partial charge is 0.321 e. The van der Waals surface area contributed by atoms with Crippen LogP contribution in [-0.2, 0) is 27.7 Å². The van der Waals surface area contributed by atoms with Gasteiger partial charge in [0.2, 0.25) is 0 Å². The number of nitrogens with zero attached hydrogens (tertiary/aromatic N) is 3. The summed E-state index contributed by atoms with van der Waals surface area (Å²) in [5.41, 5.74) is 0.718. The molecule has 7 nitrogen and oxygen atoms in total. The minimum Gasteiger partial charge on any atom is -0.480 e. The maximum atomic E-state index is 12.3. The molecule has 0 aromatic carbocycles. The zero-order valence-electron chi connectivity index (χ0n) is 15.8. The molecule has 142 valence electrons. The fourth-order valence-corrected chi connectivity index (χ4v) is 6.80. The van der Waals surface area contributed by atoms with Gasteiger partial charge in [-0.3, -0.25) is 4.79 Å². The van der Waals surface area contributed by atoms with Gasteiger partial charge in [-0.2, -0.15) is 0 Å². The second kappa shape index (κ2) is 4.88. The van der Waals surface area contributed by atoms with E-state index in [0.29, 0.717) is 6.42 Å². The van der Waals surface area contributed by atoms with Crippen molar-refractivity contribution >= 4 is 5.97 Å². The number of imidazole rings is 1. The molecule has 6 bridgehead atoms. The van der Waals surface area contributed by atoms with Crippen LogP contribution in [0.1, 0.15) is 45.7 Å². The third-order valence-corrected chi connectivity index (χ3v) is 7.04. The van der Waals surface area contributed by atoms with Crippen LogP contribution < -0.4 is 0 Å². The maximum absolute atomic E-state index is 12.3. The SMILES string of the molecule is Cn1cnc(C[C@@H](C(=O)O)N2C3OC4OC2C2(C)CC4(C)CC3(C)C2)c1. The van der Waals surface area contributed by atoms with Crippen molar-refractivity contribution in [3.63, 3.8) is 0 Å². The molecule has 1 saturated carbocycles. The first kappa shape index (κ1) is 16.7. The Bertz CT molecular complexity index is 743. The highest BCUT2D eigenvalue weighted by atomic mass is 16.7. The van der Waals surface area contributed by atoms with Crippen molar-refractivity contribution in [2.24, 2.45) is 23.3 Å². The lowest BCUT2D eigenvalue weighted by atomic mass is 9.48. The average Bonchev–Trinajstić information content (AvgIpc) is 2.93. The number of rotatable bonds is 4. The Labute approximate surface area is 153 Å². The Kier molecular flexibility index (Phi) is 3.14. The summed E-state index contributed by atoms with van der Waals surface area (Å²) in [6.07, 6.45) is 6.35. The Morgan fingerprint density at radius 1 is 1.23 bits per heavy atom. The highest BCUT2D eigenvalue weighted by molar-refractivity contribution is 5.74. The number of aliphatic carboxylic acids is 1. The van der Waals surface area contributed by atoms with Crippen molar-refractivity contribution in [3.05, 3.63) is 18.2 Å². The maximum Gasteiger partial charge on any atom is 0.321 e. The quantitative estimate of drug-likeness (QED) is 0.884. The van der Waals surface area contributed by atoms with Crippen LogP contribution >= 0.6 is 0 Å². The Morgan fingerprint density at radius 2 is 1.81 bits per heavy atom. The number of carboxylic acids is 1. The molecular formula is C19H27N3O4. The van der Waals surface area contributed by atoms with E-state index in [-0.39, 0.29) is 35.0 Å². The Balaban J connectivity index is 1.55. The van der Waals surface area contributed by atoms with Crippen molar-refractivity contribution in [1.29, 1.82) is 0 Å². The van der Waals surface area contributed by atoms with Gasteiger partial charge in [0.1, 0.15) is 18.5 Å². The van der Waals surface area contributed by atoms with E-state index in [4.69, 9.17) is 9.47 Å². The fraction of sp³-hybridized carbons (Fsp3) is 0.789. The fourth-order valence-electron chi connectivity index (χ4n) is 6.80. The van der Waals surface area contributed by atoms with Gasteiger partial charge >= 0.3 is 5.97 Å². The van der Waals surface area contributed by atoms with Crippen molar-refractivity contribution in [1.82, 2.24) is 14.5 Å². The van der Waals surface area contributed by atoms with E-state index in [1.165, 1.54) is 0 Å². The monoisotopic (exact) mass is 361 g/mol. The molecule has 4 aliphatic heterocycles. The van der Waals surface area contributed by atoms with Crippen molar-refractivity contribution in [3.8, 4) is 0 Å². The first-order valence-corrected chi connectivity index (χ1v) is 9.42. The molecular weight excluding hydrogens is 334 g/mol. The van der Waals surface area contributed by atoms with Crippen LogP contribution in [-0.4, -0.2) is 50.3 Å². The number of aromatic nitrogens is 2. The van der Waals surface area contributed by atoms with E-state index in [2.05, 4.69) is 25.8 Å². The molecule has 5 fully saturated rings. The third-order valence-electron chi connectivity index (χ3n) is 7.04. The van der Waals surface area contributed by atoms with Gasteiger partial charge in [-0.1, -0.05) is 20.8 Å². The molecule has 1 aromatic rings. The van der Waals surface area contributed by atoms with Crippen LogP contribution in [0.2, 0.25) is 0 Å². The first-order valence-electron chi connectivity index (χ1n) is 9.42. The van der Waals surface area contributed by atoms with Crippen LogP contribution in [0, 0.1) is 16.2 Å². The number of carboxylic acid groups (broad SMARTS) is 1. The molecule has 5 aliphatic rings. The predicted octanol–water partition coefficient (Wildman–Crippen LogP) is 1.97. The van der Waals surface area contributed by atoms with E-state index in [1.54, 1.807) is 6.33 Å². The second-order valence-corrected chi connectivity index (χ2v) is 9.84. The van der Waals surface area contributed by atoms with Crippen molar-refractivity contribution in [2.45, 2.75) is 71.2 Å². The number of hydrogen-bond donors (Lipinski definition) is 1. The molecule has 5 heterocycles. The summed E-state index contributed by atoms with van der Waals surface area (Å²) in [6.45, 7) is 6.79. The number of aryl methyl sites for hydroxylation is 1. The van der Waals surface area contributed by atoms with Gasteiger partial charge < -0.3 is 19.1 Å². The molecule has 1 aromatic heterocycles. The molecule has 1 N–H and O–H groups in total. The first-order chi connectivity index (χ1) is 12.1.